The van der Waals surface area contributed by atoms with E-state index in [1.807, 2.05) is 13.0 Å². The molecule has 0 radical (unpaired) electrons. The molecular weight excluding hydrogens is 265 g/mol. The molecule has 3 rings (SSSR count). The Kier molecular flexibility index (Phi) is 3.93. The fourth-order valence-electron chi connectivity index (χ4n) is 3.01. The van der Waals surface area contributed by atoms with Gasteiger partial charge in [0.2, 0.25) is 0 Å². The van der Waals surface area contributed by atoms with Crippen LogP contribution in [0.4, 0.5) is 4.39 Å². The van der Waals surface area contributed by atoms with Crippen molar-refractivity contribution in [1.82, 2.24) is 5.32 Å². The maximum atomic E-state index is 13.8. The van der Waals surface area contributed by atoms with E-state index in [-0.39, 0.29) is 11.9 Å². The maximum absolute atomic E-state index is 13.8. The van der Waals surface area contributed by atoms with Crippen molar-refractivity contribution in [3.8, 4) is 5.75 Å². The highest BCUT2D eigenvalue weighted by Crippen LogP contribution is 2.36. The van der Waals surface area contributed by atoms with E-state index in [1.54, 1.807) is 12.1 Å². The van der Waals surface area contributed by atoms with Crippen LogP contribution in [-0.2, 0) is 6.42 Å². The number of benzene rings is 2. The van der Waals surface area contributed by atoms with E-state index in [0.717, 1.165) is 42.0 Å². The van der Waals surface area contributed by atoms with Crippen LogP contribution in [0.3, 0.4) is 0 Å². The highest BCUT2D eigenvalue weighted by atomic mass is 19.1. The quantitative estimate of drug-likeness (QED) is 0.923. The van der Waals surface area contributed by atoms with Crippen LogP contribution >= 0.6 is 0 Å². The van der Waals surface area contributed by atoms with E-state index in [0.29, 0.717) is 0 Å². The summed E-state index contributed by atoms with van der Waals surface area (Å²) in [6.07, 6.45) is 0.949. The predicted octanol–water partition coefficient (Wildman–Crippen LogP) is 3.77. The molecule has 1 unspecified atom stereocenters. The minimum atomic E-state index is -0.193. The molecular formula is C18H20FNO. The minimum Gasteiger partial charge on any atom is -0.493 e. The number of para-hydroxylation sites is 1. The number of hydrogen-bond donors (Lipinski definition) is 1. The van der Waals surface area contributed by atoms with Gasteiger partial charge >= 0.3 is 0 Å². The number of nitrogens with one attached hydrogen (secondary N) is 1. The van der Waals surface area contributed by atoms with Crippen LogP contribution < -0.4 is 10.1 Å². The van der Waals surface area contributed by atoms with Crippen LogP contribution in [-0.4, -0.2) is 13.2 Å². The molecule has 1 N–H and O–H groups in total. The van der Waals surface area contributed by atoms with Gasteiger partial charge in [0, 0.05) is 12.0 Å². The summed E-state index contributed by atoms with van der Waals surface area (Å²) in [6.45, 7) is 5.52. The largest absolute Gasteiger partial charge is 0.493 e. The summed E-state index contributed by atoms with van der Waals surface area (Å²) >= 11 is 0. The molecule has 0 fully saturated rings. The molecule has 0 saturated heterocycles. The van der Waals surface area contributed by atoms with Crippen molar-refractivity contribution >= 4 is 0 Å². The summed E-state index contributed by atoms with van der Waals surface area (Å²) < 4.78 is 19.6. The summed E-state index contributed by atoms with van der Waals surface area (Å²) in [5.41, 5.74) is 4.21. The molecule has 110 valence electrons. The number of rotatable bonds is 4. The van der Waals surface area contributed by atoms with Crippen molar-refractivity contribution in [3.05, 3.63) is 64.5 Å². The third-order valence-corrected chi connectivity index (χ3v) is 3.86. The average Bonchev–Trinajstić information content (AvgIpc) is 2.92. The topological polar surface area (TPSA) is 21.3 Å². The fraction of sp³-hybridized carbons (Fsp3) is 0.333. The molecule has 2 nitrogen and oxygen atoms in total. The van der Waals surface area contributed by atoms with Crippen LogP contribution in [0.1, 0.15) is 35.2 Å². The standard InChI is InChI=1S/C18H20FNO/c1-3-20-17(14-9-12(2)10-15(19)11-14)16-6-4-5-13-7-8-21-18(13)16/h4-6,9-11,17,20H,3,7-8H2,1-2H3. The first kappa shape index (κ1) is 14.1. The van der Waals surface area contributed by atoms with Gasteiger partial charge in [-0.05, 0) is 42.3 Å². The van der Waals surface area contributed by atoms with Crippen molar-refractivity contribution in [2.45, 2.75) is 26.3 Å². The highest BCUT2D eigenvalue weighted by Gasteiger charge is 2.23. The number of aryl methyl sites for hydroxylation is 1. The van der Waals surface area contributed by atoms with Gasteiger partial charge < -0.3 is 10.1 Å². The van der Waals surface area contributed by atoms with Crippen molar-refractivity contribution in [1.29, 1.82) is 0 Å². The van der Waals surface area contributed by atoms with E-state index in [1.165, 1.54) is 5.56 Å². The zero-order chi connectivity index (χ0) is 14.8. The monoisotopic (exact) mass is 285 g/mol. The Morgan fingerprint density at radius 2 is 2.14 bits per heavy atom. The first-order valence-electron chi connectivity index (χ1n) is 7.44. The molecule has 0 amide bonds. The number of halogens is 1. The zero-order valence-corrected chi connectivity index (χ0v) is 12.4. The van der Waals surface area contributed by atoms with Crippen LogP contribution in [0, 0.1) is 12.7 Å². The summed E-state index contributed by atoms with van der Waals surface area (Å²) in [4.78, 5) is 0. The molecule has 0 aromatic heterocycles. The minimum absolute atomic E-state index is 0.0440. The Balaban J connectivity index is 2.08. The lowest BCUT2D eigenvalue weighted by Crippen LogP contribution is -2.22. The summed E-state index contributed by atoms with van der Waals surface area (Å²) in [5, 5.41) is 3.45. The van der Waals surface area contributed by atoms with Crippen LogP contribution in [0.5, 0.6) is 5.75 Å². The fourth-order valence-corrected chi connectivity index (χ4v) is 3.01. The second-order valence-electron chi connectivity index (χ2n) is 5.49. The van der Waals surface area contributed by atoms with E-state index in [2.05, 4.69) is 30.4 Å². The SMILES string of the molecule is CCNC(c1cc(C)cc(F)c1)c1cccc2c1OCC2. The van der Waals surface area contributed by atoms with Gasteiger partial charge in [-0.25, -0.2) is 4.39 Å². The van der Waals surface area contributed by atoms with Gasteiger partial charge in [-0.3, -0.25) is 0 Å². The van der Waals surface area contributed by atoms with Gasteiger partial charge in [0.1, 0.15) is 11.6 Å². The Bertz CT molecular complexity index is 633. The molecule has 1 aliphatic heterocycles. The van der Waals surface area contributed by atoms with E-state index < -0.39 is 0 Å². The first-order valence-corrected chi connectivity index (χ1v) is 7.44. The van der Waals surface area contributed by atoms with Crippen LogP contribution in [0.25, 0.3) is 0 Å². The Hall–Kier alpha value is -1.87. The molecule has 2 aromatic rings. The van der Waals surface area contributed by atoms with Gasteiger partial charge in [-0.1, -0.05) is 31.2 Å². The Morgan fingerprint density at radius 1 is 1.29 bits per heavy atom. The van der Waals surface area contributed by atoms with Crippen LogP contribution in [0.2, 0.25) is 0 Å². The number of hydrogen-bond acceptors (Lipinski definition) is 2. The number of ether oxygens (including phenoxy) is 1. The molecule has 0 saturated carbocycles. The van der Waals surface area contributed by atoms with E-state index in [9.17, 15) is 4.39 Å². The second kappa shape index (κ2) is 5.86. The Labute approximate surface area is 125 Å². The highest BCUT2D eigenvalue weighted by molar-refractivity contribution is 5.49. The van der Waals surface area contributed by atoms with Crippen molar-refractivity contribution in [2.75, 3.05) is 13.2 Å². The van der Waals surface area contributed by atoms with Crippen molar-refractivity contribution < 1.29 is 9.13 Å². The summed E-state index contributed by atoms with van der Waals surface area (Å²) in [5.74, 6) is 0.770. The van der Waals surface area contributed by atoms with E-state index in [4.69, 9.17) is 4.74 Å². The summed E-state index contributed by atoms with van der Waals surface area (Å²) in [6, 6.07) is 11.4. The van der Waals surface area contributed by atoms with E-state index >= 15 is 0 Å². The molecule has 1 aliphatic rings. The van der Waals surface area contributed by atoms with Gasteiger partial charge in [0.15, 0.2) is 0 Å². The molecule has 21 heavy (non-hydrogen) atoms. The predicted molar refractivity (Wildman–Crippen MR) is 82.3 cm³/mol. The summed E-state index contributed by atoms with van der Waals surface area (Å²) in [7, 11) is 0. The smallest absolute Gasteiger partial charge is 0.127 e. The third kappa shape index (κ3) is 2.79. The zero-order valence-electron chi connectivity index (χ0n) is 12.4. The van der Waals surface area contributed by atoms with Crippen LogP contribution in [0.15, 0.2) is 36.4 Å². The second-order valence-corrected chi connectivity index (χ2v) is 5.49. The molecule has 0 spiro atoms. The van der Waals surface area contributed by atoms with Gasteiger partial charge in [0.05, 0.1) is 12.6 Å². The first-order chi connectivity index (χ1) is 10.2. The molecule has 3 heteroatoms. The van der Waals surface area contributed by atoms with Crippen molar-refractivity contribution in [3.63, 3.8) is 0 Å². The van der Waals surface area contributed by atoms with Gasteiger partial charge in [-0.15, -0.1) is 0 Å². The Morgan fingerprint density at radius 3 is 2.90 bits per heavy atom. The molecule has 1 heterocycles. The third-order valence-electron chi connectivity index (χ3n) is 3.86. The van der Waals surface area contributed by atoms with Gasteiger partial charge in [-0.2, -0.15) is 0 Å². The van der Waals surface area contributed by atoms with Crippen molar-refractivity contribution in [2.24, 2.45) is 0 Å². The normalized spacial score (nSPS) is 14.6. The lowest BCUT2D eigenvalue weighted by Gasteiger charge is -2.21. The number of fused-ring (bicyclic) bond motifs is 1. The molecule has 1 atom stereocenters. The lowest BCUT2D eigenvalue weighted by molar-refractivity contribution is 0.350. The average molecular weight is 285 g/mol. The maximum Gasteiger partial charge on any atom is 0.127 e. The molecule has 2 aromatic carbocycles. The van der Waals surface area contributed by atoms with Gasteiger partial charge in [0.25, 0.3) is 0 Å². The molecule has 0 aliphatic carbocycles. The molecule has 0 bridgehead atoms. The lowest BCUT2D eigenvalue weighted by atomic mass is 9.94.